The highest BCUT2D eigenvalue weighted by Crippen LogP contribution is 2.33. The molecular formula is C10H13NO4S. The number of nitrogens with two attached hydrogens (primary N) is 1. The second-order valence-electron chi connectivity index (χ2n) is 3.63. The van der Waals surface area contributed by atoms with E-state index in [1.54, 1.807) is 25.1 Å². The van der Waals surface area contributed by atoms with E-state index in [2.05, 4.69) is 0 Å². The Morgan fingerprint density at radius 1 is 1.25 bits per heavy atom. The van der Waals surface area contributed by atoms with Gasteiger partial charge in [0.15, 0.2) is 11.5 Å². The Hall–Kier alpha value is -1.27. The van der Waals surface area contributed by atoms with Crippen LogP contribution in [0.5, 0.6) is 11.5 Å². The highest BCUT2D eigenvalue weighted by molar-refractivity contribution is 7.89. The van der Waals surface area contributed by atoms with Gasteiger partial charge in [-0.3, -0.25) is 0 Å². The summed E-state index contributed by atoms with van der Waals surface area (Å²) in [6, 6.07) is 5.04. The zero-order chi connectivity index (χ0) is 11.8. The Bertz CT molecular complexity index is 498. The van der Waals surface area contributed by atoms with E-state index in [0.29, 0.717) is 30.3 Å². The van der Waals surface area contributed by atoms with Gasteiger partial charge in [-0.15, -0.1) is 0 Å². The number of hydrogen-bond acceptors (Lipinski definition) is 4. The lowest BCUT2D eigenvalue weighted by molar-refractivity contribution is 0.171. The molecule has 0 bridgehead atoms. The first-order valence-electron chi connectivity index (χ1n) is 4.89. The Labute approximate surface area is 94.2 Å². The minimum Gasteiger partial charge on any atom is -0.486 e. The van der Waals surface area contributed by atoms with Crippen molar-refractivity contribution in [3.8, 4) is 11.5 Å². The maximum Gasteiger partial charge on any atom is 0.215 e. The molecule has 88 valence electrons. The number of benzene rings is 1. The van der Waals surface area contributed by atoms with E-state index in [1.165, 1.54) is 0 Å². The highest BCUT2D eigenvalue weighted by Gasteiger charge is 2.20. The van der Waals surface area contributed by atoms with Crippen LogP contribution in [0.1, 0.15) is 17.7 Å². The van der Waals surface area contributed by atoms with Gasteiger partial charge in [-0.2, -0.15) is 0 Å². The third-order valence-corrected chi connectivity index (χ3v) is 3.79. The second-order valence-corrected chi connectivity index (χ2v) is 5.52. The Kier molecular flexibility index (Phi) is 2.77. The Morgan fingerprint density at radius 3 is 2.50 bits per heavy atom. The summed E-state index contributed by atoms with van der Waals surface area (Å²) in [6.45, 7) is 2.53. The van der Waals surface area contributed by atoms with Crippen LogP contribution in [0.3, 0.4) is 0 Å². The lowest BCUT2D eigenvalue weighted by Gasteiger charge is -2.20. The predicted octanol–water partition coefficient (Wildman–Crippen LogP) is 0.807. The molecule has 2 N–H and O–H groups in total. The average molecular weight is 243 g/mol. The van der Waals surface area contributed by atoms with E-state index >= 15 is 0 Å². The minimum absolute atomic E-state index is 0.472. The first-order chi connectivity index (χ1) is 7.48. The third kappa shape index (κ3) is 2.12. The lowest BCUT2D eigenvalue weighted by Crippen LogP contribution is -2.20. The van der Waals surface area contributed by atoms with Crippen LogP contribution in [0.15, 0.2) is 18.2 Å². The molecule has 1 aromatic rings. The average Bonchev–Trinajstić information content (AvgIpc) is 2.26. The van der Waals surface area contributed by atoms with Crippen molar-refractivity contribution in [2.75, 3.05) is 13.2 Å². The topological polar surface area (TPSA) is 78.6 Å². The van der Waals surface area contributed by atoms with Gasteiger partial charge in [0.05, 0.1) is 5.25 Å². The van der Waals surface area contributed by atoms with Crippen molar-refractivity contribution in [1.29, 1.82) is 0 Å². The molecule has 0 saturated carbocycles. The smallest absolute Gasteiger partial charge is 0.215 e. The summed E-state index contributed by atoms with van der Waals surface area (Å²) in [5.74, 6) is 1.20. The van der Waals surface area contributed by atoms with Crippen LogP contribution in [0, 0.1) is 0 Å². The van der Waals surface area contributed by atoms with E-state index in [4.69, 9.17) is 14.6 Å². The van der Waals surface area contributed by atoms with Gasteiger partial charge in [0, 0.05) is 0 Å². The highest BCUT2D eigenvalue weighted by atomic mass is 32.2. The summed E-state index contributed by atoms with van der Waals surface area (Å²) < 4.78 is 33.1. The molecule has 0 spiro atoms. The van der Waals surface area contributed by atoms with Crippen molar-refractivity contribution < 1.29 is 17.9 Å². The van der Waals surface area contributed by atoms with Gasteiger partial charge in [0.25, 0.3) is 0 Å². The van der Waals surface area contributed by atoms with E-state index in [0.717, 1.165) is 0 Å². The fraction of sp³-hybridized carbons (Fsp3) is 0.400. The van der Waals surface area contributed by atoms with Crippen molar-refractivity contribution in [1.82, 2.24) is 0 Å². The molecule has 0 amide bonds. The van der Waals surface area contributed by atoms with Gasteiger partial charge in [0.1, 0.15) is 13.2 Å². The molecule has 1 heterocycles. The van der Waals surface area contributed by atoms with Crippen LogP contribution >= 0.6 is 0 Å². The minimum atomic E-state index is -3.58. The van der Waals surface area contributed by atoms with Crippen LogP contribution < -0.4 is 14.6 Å². The summed E-state index contributed by atoms with van der Waals surface area (Å²) >= 11 is 0. The molecule has 6 heteroatoms. The van der Waals surface area contributed by atoms with Gasteiger partial charge in [0.2, 0.25) is 10.0 Å². The molecule has 1 aromatic carbocycles. The molecule has 1 aliphatic heterocycles. The summed E-state index contributed by atoms with van der Waals surface area (Å²) in [5.41, 5.74) is 0.603. The van der Waals surface area contributed by atoms with Gasteiger partial charge in [-0.1, -0.05) is 6.07 Å². The van der Waals surface area contributed by atoms with E-state index in [1.807, 2.05) is 0 Å². The van der Waals surface area contributed by atoms with Crippen LogP contribution in [-0.4, -0.2) is 21.6 Å². The van der Waals surface area contributed by atoms with E-state index in [9.17, 15) is 8.42 Å². The van der Waals surface area contributed by atoms with Crippen LogP contribution in [0.4, 0.5) is 0 Å². The molecule has 16 heavy (non-hydrogen) atoms. The zero-order valence-corrected chi connectivity index (χ0v) is 9.66. The monoisotopic (exact) mass is 243 g/mol. The third-order valence-electron chi connectivity index (χ3n) is 2.53. The maximum absolute atomic E-state index is 11.2. The van der Waals surface area contributed by atoms with Gasteiger partial charge in [-0.05, 0) is 24.6 Å². The van der Waals surface area contributed by atoms with Crippen LogP contribution in [-0.2, 0) is 10.0 Å². The van der Waals surface area contributed by atoms with Crippen LogP contribution in [0.25, 0.3) is 0 Å². The molecule has 2 rings (SSSR count). The first-order valence-corrected chi connectivity index (χ1v) is 6.50. The molecule has 0 aliphatic carbocycles. The quantitative estimate of drug-likeness (QED) is 0.833. The lowest BCUT2D eigenvalue weighted by atomic mass is 10.1. The second kappa shape index (κ2) is 3.95. The van der Waals surface area contributed by atoms with Crippen LogP contribution in [0.2, 0.25) is 0 Å². The standard InChI is InChI=1S/C10H13NO4S/c1-7(16(11,12)13)8-2-3-9-10(6-8)15-5-4-14-9/h2-3,6-7H,4-5H2,1H3,(H2,11,12,13). The molecule has 1 aliphatic rings. The number of ether oxygens (including phenoxy) is 2. The Morgan fingerprint density at radius 2 is 1.88 bits per heavy atom. The number of sulfonamides is 1. The largest absolute Gasteiger partial charge is 0.486 e. The first kappa shape index (κ1) is 11.2. The maximum atomic E-state index is 11.2. The van der Waals surface area contributed by atoms with Gasteiger partial charge < -0.3 is 9.47 Å². The Balaban J connectivity index is 2.37. The molecule has 0 radical (unpaired) electrons. The SMILES string of the molecule is CC(c1ccc2c(c1)OCCO2)S(N)(=O)=O. The molecule has 0 aromatic heterocycles. The molecule has 1 unspecified atom stereocenters. The summed E-state index contributed by atoms with van der Waals surface area (Å²) in [7, 11) is -3.58. The normalized spacial score (nSPS) is 16.9. The molecular weight excluding hydrogens is 230 g/mol. The van der Waals surface area contributed by atoms with E-state index < -0.39 is 15.3 Å². The van der Waals surface area contributed by atoms with E-state index in [-0.39, 0.29) is 0 Å². The fourth-order valence-electron chi connectivity index (χ4n) is 1.50. The molecule has 0 saturated heterocycles. The van der Waals surface area contributed by atoms with Gasteiger partial charge >= 0.3 is 0 Å². The number of fused-ring (bicyclic) bond motifs is 1. The number of primary sulfonamides is 1. The van der Waals surface area contributed by atoms with Crippen molar-refractivity contribution >= 4 is 10.0 Å². The zero-order valence-electron chi connectivity index (χ0n) is 8.84. The fourth-order valence-corrected chi connectivity index (χ4v) is 2.03. The molecule has 0 fully saturated rings. The van der Waals surface area contributed by atoms with Crippen molar-refractivity contribution in [3.63, 3.8) is 0 Å². The number of rotatable bonds is 2. The predicted molar refractivity (Wildman–Crippen MR) is 59.0 cm³/mol. The van der Waals surface area contributed by atoms with Crippen molar-refractivity contribution in [2.45, 2.75) is 12.2 Å². The summed E-state index contributed by atoms with van der Waals surface area (Å²) in [6.07, 6.45) is 0. The summed E-state index contributed by atoms with van der Waals surface area (Å²) in [5, 5.41) is 4.34. The molecule has 5 nitrogen and oxygen atoms in total. The number of hydrogen-bond donors (Lipinski definition) is 1. The van der Waals surface area contributed by atoms with Gasteiger partial charge in [-0.25, -0.2) is 13.6 Å². The van der Waals surface area contributed by atoms with Crippen molar-refractivity contribution in [2.24, 2.45) is 5.14 Å². The molecule has 1 atom stereocenters. The summed E-state index contributed by atoms with van der Waals surface area (Å²) in [4.78, 5) is 0. The van der Waals surface area contributed by atoms with Crippen molar-refractivity contribution in [3.05, 3.63) is 23.8 Å².